The van der Waals surface area contributed by atoms with E-state index in [2.05, 4.69) is 5.32 Å². The van der Waals surface area contributed by atoms with Gasteiger partial charge in [-0.1, -0.05) is 18.2 Å². The third kappa shape index (κ3) is 4.10. The number of nitrogens with zero attached hydrogens (tertiary/aromatic N) is 2. The van der Waals surface area contributed by atoms with Crippen molar-refractivity contribution in [2.24, 2.45) is 0 Å². The number of nitrogens with one attached hydrogen (secondary N) is 1. The lowest BCUT2D eigenvalue weighted by atomic mass is 10.1. The van der Waals surface area contributed by atoms with Crippen molar-refractivity contribution < 1.29 is 14.7 Å². The van der Waals surface area contributed by atoms with E-state index in [0.29, 0.717) is 6.42 Å². The van der Waals surface area contributed by atoms with Gasteiger partial charge >= 0.3 is 5.97 Å². The molecule has 1 aromatic carbocycles. The van der Waals surface area contributed by atoms with E-state index >= 15 is 0 Å². The van der Waals surface area contributed by atoms with Crippen LogP contribution in [0.15, 0.2) is 36.0 Å². The van der Waals surface area contributed by atoms with Crippen LogP contribution in [0.2, 0.25) is 0 Å². The van der Waals surface area contributed by atoms with Gasteiger partial charge in [-0.2, -0.15) is 5.26 Å². The van der Waals surface area contributed by atoms with Crippen LogP contribution in [0.25, 0.3) is 0 Å². The summed E-state index contributed by atoms with van der Waals surface area (Å²) in [4.78, 5) is 24.4. The SMILES string of the molecule is CC1Cc2ccccc2N1/C=C(/C#N)C(=O)NCCCC(=O)O. The summed E-state index contributed by atoms with van der Waals surface area (Å²) in [6, 6.07) is 10.0. The summed E-state index contributed by atoms with van der Waals surface area (Å²) in [5.41, 5.74) is 2.21. The monoisotopic (exact) mass is 313 g/mol. The Kier molecular flexibility index (Phi) is 5.36. The first-order valence-corrected chi connectivity index (χ1v) is 7.51. The molecule has 1 amide bonds. The van der Waals surface area contributed by atoms with E-state index in [4.69, 9.17) is 5.11 Å². The number of hydrogen-bond donors (Lipinski definition) is 2. The third-order valence-electron chi connectivity index (χ3n) is 3.75. The molecule has 0 fully saturated rings. The molecule has 120 valence electrons. The Morgan fingerprint density at radius 3 is 2.91 bits per heavy atom. The second kappa shape index (κ2) is 7.45. The lowest BCUT2D eigenvalue weighted by Gasteiger charge is -2.20. The molecule has 1 heterocycles. The number of fused-ring (bicyclic) bond motifs is 1. The van der Waals surface area contributed by atoms with Crippen LogP contribution < -0.4 is 10.2 Å². The lowest BCUT2D eigenvalue weighted by Crippen LogP contribution is -2.29. The molecule has 0 saturated carbocycles. The number of benzene rings is 1. The molecule has 0 bridgehead atoms. The standard InChI is InChI=1S/C17H19N3O3/c1-12-9-13-5-2-3-6-15(13)20(12)11-14(10-18)17(23)19-8-4-7-16(21)22/h2-3,5-6,11-12H,4,7-9H2,1H3,(H,19,23)(H,21,22)/b14-11-. The van der Waals surface area contributed by atoms with Crippen LogP contribution in [0, 0.1) is 11.3 Å². The molecule has 0 saturated heterocycles. The Bertz CT molecular complexity index is 676. The van der Waals surface area contributed by atoms with Crippen LogP contribution in [0.5, 0.6) is 0 Å². The first-order chi connectivity index (χ1) is 11.0. The van der Waals surface area contributed by atoms with Crippen molar-refractivity contribution in [3.05, 3.63) is 41.6 Å². The first-order valence-electron chi connectivity index (χ1n) is 7.51. The number of para-hydroxylation sites is 1. The third-order valence-corrected chi connectivity index (χ3v) is 3.75. The largest absolute Gasteiger partial charge is 0.481 e. The molecule has 1 atom stereocenters. The van der Waals surface area contributed by atoms with E-state index in [9.17, 15) is 14.9 Å². The number of carboxylic acids is 1. The maximum absolute atomic E-state index is 12.0. The van der Waals surface area contributed by atoms with Gasteiger partial charge < -0.3 is 15.3 Å². The van der Waals surface area contributed by atoms with Gasteiger partial charge in [-0.3, -0.25) is 9.59 Å². The van der Waals surface area contributed by atoms with Crippen LogP contribution in [-0.2, 0) is 16.0 Å². The fourth-order valence-corrected chi connectivity index (χ4v) is 2.60. The van der Waals surface area contributed by atoms with Crippen molar-refractivity contribution in [3.63, 3.8) is 0 Å². The second-order valence-corrected chi connectivity index (χ2v) is 5.50. The van der Waals surface area contributed by atoms with Crippen LogP contribution in [-0.4, -0.2) is 29.6 Å². The highest BCUT2D eigenvalue weighted by atomic mass is 16.4. The number of carbonyl (C=O) groups excluding carboxylic acids is 1. The summed E-state index contributed by atoms with van der Waals surface area (Å²) in [5, 5.41) is 20.4. The highest BCUT2D eigenvalue weighted by molar-refractivity contribution is 5.97. The minimum Gasteiger partial charge on any atom is -0.481 e. The smallest absolute Gasteiger partial charge is 0.303 e. The fourth-order valence-electron chi connectivity index (χ4n) is 2.60. The normalized spacial score (nSPS) is 16.6. The molecule has 1 aromatic rings. The van der Waals surface area contributed by atoms with Crippen LogP contribution in [0.3, 0.4) is 0 Å². The first kappa shape index (κ1) is 16.6. The molecule has 0 spiro atoms. The summed E-state index contributed by atoms with van der Waals surface area (Å²) in [7, 11) is 0. The average molecular weight is 313 g/mol. The highest BCUT2D eigenvalue weighted by Gasteiger charge is 2.25. The molecule has 2 rings (SSSR count). The van der Waals surface area contributed by atoms with Crippen molar-refractivity contribution in [1.82, 2.24) is 5.32 Å². The van der Waals surface area contributed by atoms with Gasteiger partial charge in [0, 0.05) is 30.9 Å². The number of rotatable bonds is 6. The van der Waals surface area contributed by atoms with Gasteiger partial charge in [-0.05, 0) is 31.4 Å². The quantitative estimate of drug-likeness (QED) is 0.475. The molecule has 0 radical (unpaired) electrons. The summed E-state index contributed by atoms with van der Waals surface area (Å²) < 4.78 is 0. The zero-order valence-corrected chi connectivity index (χ0v) is 13.0. The Labute approximate surface area is 135 Å². The van der Waals surface area contributed by atoms with E-state index in [0.717, 1.165) is 12.1 Å². The van der Waals surface area contributed by atoms with Crippen molar-refractivity contribution in [2.75, 3.05) is 11.4 Å². The van der Waals surface area contributed by atoms with Gasteiger partial charge in [0.05, 0.1) is 0 Å². The van der Waals surface area contributed by atoms with E-state index in [-0.39, 0.29) is 24.6 Å². The van der Waals surface area contributed by atoms with Crippen molar-refractivity contribution in [3.8, 4) is 6.07 Å². The number of carbonyl (C=O) groups is 2. The number of aliphatic carboxylic acids is 1. The number of anilines is 1. The lowest BCUT2D eigenvalue weighted by molar-refractivity contribution is -0.137. The molecule has 2 N–H and O–H groups in total. The van der Waals surface area contributed by atoms with Gasteiger partial charge in [0.1, 0.15) is 11.6 Å². The highest BCUT2D eigenvalue weighted by Crippen LogP contribution is 2.32. The number of hydrogen-bond acceptors (Lipinski definition) is 4. The van der Waals surface area contributed by atoms with Crippen LogP contribution in [0.1, 0.15) is 25.3 Å². The minimum absolute atomic E-state index is 0.0115. The van der Waals surface area contributed by atoms with Gasteiger partial charge in [0.2, 0.25) is 0 Å². The number of nitriles is 1. The number of carboxylic acid groups (broad SMARTS) is 1. The molecule has 0 aliphatic carbocycles. The van der Waals surface area contributed by atoms with E-state index in [1.54, 1.807) is 6.20 Å². The Morgan fingerprint density at radius 1 is 1.48 bits per heavy atom. The Morgan fingerprint density at radius 2 is 2.22 bits per heavy atom. The molecule has 1 aliphatic rings. The predicted molar refractivity (Wildman–Crippen MR) is 85.7 cm³/mol. The zero-order chi connectivity index (χ0) is 16.8. The van der Waals surface area contributed by atoms with Gasteiger partial charge in [-0.25, -0.2) is 0 Å². The molecular weight excluding hydrogens is 294 g/mol. The Hall–Kier alpha value is -2.81. The van der Waals surface area contributed by atoms with E-state index in [1.165, 1.54) is 5.56 Å². The summed E-state index contributed by atoms with van der Waals surface area (Å²) in [6.45, 7) is 2.27. The molecular formula is C17H19N3O3. The molecule has 1 unspecified atom stereocenters. The summed E-state index contributed by atoms with van der Waals surface area (Å²) in [5.74, 6) is -1.38. The molecule has 23 heavy (non-hydrogen) atoms. The molecule has 1 aliphatic heterocycles. The maximum atomic E-state index is 12.0. The van der Waals surface area contributed by atoms with Crippen LogP contribution in [0.4, 0.5) is 5.69 Å². The van der Waals surface area contributed by atoms with Crippen molar-refractivity contribution in [2.45, 2.75) is 32.2 Å². The molecule has 6 nitrogen and oxygen atoms in total. The van der Waals surface area contributed by atoms with Gasteiger partial charge in [-0.15, -0.1) is 0 Å². The topological polar surface area (TPSA) is 93.4 Å². The predicted octanol–water partition coefficient (Wildman–Crippen LogP) is 1.83. The molecule has 6 heteroatoms. The van der Waals surface area contributed by atoms with E-state index < -0.39 is 11.9 Å². The average Bonchev–Trinajstić information content (AvgIpc) is 2.84. The zero-order valence-electron chi connectivity index (χ0n) is 13.0. The number of amides is 1. The maximum Gasteiger partial charge on any atom is 0.303 e. The van der Waals surface area contributed by atoms with Gasteiger partial charge in [0.25, 0.3) is 5.91 Å². The molecule has 0 aromatic heterocycles. The Balaban J connectivity index is 2.05. The minimum atomic E-state index is -0.905. The van der Waals surface area contributed by atoms with Gasteiger partial charge in [0.15, 0.2) is 0 Å². The van der Waals surface area contributed by atoms with E-state index in [1.807, 2.05) is 42.2 Å². The second-order valence-electron chi connectivity index (χ2n) is 5.50. The van der Waals surface area contributed by atoms with Crippen LogP contribution >= 0.6 is 0 Å². The van der Waals surface area contributed by atoms with Crippen molar-refractivity contribution in [1.29, 1.82) is 5.26 Å². The van der Waals surface area contributed by atoms with Crippen molar-refractivity contribution >= 4 is 17.6 Å². The summed E-state index contributed by atoms with van der Waals surface area (Å²) in [6.07, 6.45) is 2.76. The fraction of sp³-hybridized carbons (Fsp3) is 0.353. The summed E-state index contributed by atoms with van der Waals surface area (Å²) >= 11 is 0.